The summed E-state index contributed by atoms with van der Waals surface area (Å²) in [5.74, 6) is 0. The molecule has 0 aliphatic heterocycles. The van der Waals surface area contributed by atoms with Crippen molar-refractivity contribution < 1.29 is 0 Å². The van der Waals surface area contributed by atoms with Gasteiger partial charge in [-0.1, -0.05) is 30.3 Å². The van der Waals surface area contributed by atoms with Crippen LogP contribution in [0.1, 0.15) is 30.2 Å². The highest BCUT2D eigenvalue weighted by atomic mass is 15.1. The Bertz CT molecular complexity index is 462. The monoisotopic (exact) mass is 243 g/mol. The summed E-state index contributed by atoms with van der Waals surface area (Å²) in [5, 5.41) is 10.5. The van der Waals surface area contributed by atoms with E-state index in [9.17, 15) is 0 Å². The average Bonchev–Trinajstić information content (AvgIpc) is 2.81. The second-order valence-corrected chi connectivity index (χ2v) is 4.83. The molecule has 3 nitrogen and oxygen atoms in total. The molecule has 1 unspecified atom stereocenters. The van der Waals surface area contributed by atoms with Gasteiger partial charge in [-0.05, 0) is 32.3 Å². The number of aryl methyl sites for hydroxylation is 2. The predicted molar refractivity (Wildman–Crippen MR) is 74.4 cm³/mol. The Labute approximate surface area is 109 Å². The van der Waals surface area contributed by atoms with Crippen LogP contribution in [0.3, 0.4) is 0 Å². The highest BCUT2D eigenvalue weighted by Crippen LogP contribution is 2.06. The van der Waals surface area contributed by atoms with Crippen LogP contribution in [-0.2, 0) is 13.0 Å². The normalized spacial score (nSPS) is 12.6. The zero-order chi connectivity index (χ0) is 12.8. The highest BCUT2D eigenvalue weighted by molar-refractivity contribution is 5.15. The molecule has 3 heteroatoms. The number of benzene rings is 1. The van der Waals surface area contributed by atoms with Gasteiger partial charge in [-0.2, -0.15) is 5.10 Å². The maximum Gasteiger partial charge on any atom is 0.0535 e. The van der Waals surface area contributed by atoms with Crippen molar-refractivity contribution in [1.29, 1.82) is 0 Å². The second kappa shape index (κ2) is 6.36. The predicted octanol–water partition coefficient (Wildman–Crippen LogP) is 2.83. The molecule has 0 aliphatic rings. The van der Waals surface area contributed by atoms with Crippen molar-refractivity contribution in [3.05, 3.63) is 53.3 Å². The van der Waals surface area contributed by atoms with E-state index in [0.29, 0.717) is 6.04 Å². The number of nitrogens with zero attached hydrogens (tertiary/aromatic N) is 1. The Morgan fingerprint density at radius 2 is 2.06 bits per heavy atom. The first-order valence-corrected chi connectivity index (χ1v) is 6.52. The van der Waals surface area contributed by atoms with Crippen molar-refractivity contribution in [2.45, 2.75) is 39.3 Å². The number of aromatic amines is 1. The van der Waals surface area contributed by atoms with Gasteiger partial charge < -0.3 is 5.32 Å². The van der Waals surface area contributed by atoms with Gasteiger partial charge in [-0.15, -0.1) is 0 Å². The van der Waals surface area contributed by atoms with E-state index in [1.807, 2.05) is 6.20 Å². The van der Waals surface area contributed by atoms with Crippen LogP contribution < -0.4 is 5.32 Å². The van der Waals surface area contributed by atoms with Gasteiger partial charge in [0.25, 0.3) is 0 Å². The van der Waals surface area contributed by atoms with Crippen molar-refractivity contribution in [2.75, 3.05) is 0 Å². The van der Waals surface area contributed by atoms with E-state index < -0.39 is 0 Å². The van der Waals surface area contributed by atoms with Gasteiger partial charge in [-0.3, -0.25) is 5.10 Å². The Hall–Kier alpha value is -1.61. The molecule has 0 amide bonds. The van der Waals surface area contributed by atoms with Crippen LogP contribution >= 0.6 is 0 Å². The molecule has 1 heterocycles. The van der Waals surface area contributed by atoms with E-state index in [2.05, 4.69) is 59.7 Å². The molecule has 0 saturated carbocycles. The minimum atomic E-state index is 0.513. The van der Waals surface area contributed by atoms with Crippen LogP contribution in [0.4, 0.5) is 0 Å². The maximum atomic E-state index is 4.03. The van der Waals surface area contributed by atoms with E-state index in [1.54, 1.807) is 0 Å². The standard InChI is InChI=1S/C15H21N3/c1-12(8-9-14-6-4-3-5-7-14)16-10-15-11-17-18-13(15)2/h3-7,11-12,16H,8-10H2,1-2H3,(H,17,18). The van der Waals surface area contributed by atoms with Crippen molar-refractivity contribution in [3.8, 4) is 0 Å². The lowest BCUT2D eigenvalue weighted by atomic mass is 10.1. The first-order chi connectivity index (χ1) is 8.75. The molecule has 0 saturated heterocycles. The summed E-state index contributed by atoms with van der Waals surface area (Å²) in [5.41, 5.74) is 3.81. The minimum absolute atomic E-state index is 0.513. The van der Waals surface area contributed by atoms with Gasteiger partial charge in [-0.25, -0.2) is 0 Å². The molecule has 0 aliphatic carbocycles. The van der Waals surface area contributed by atoms with Gasteiger partial charge in [0.05, 0.1) is 6.20 Å². The third-order valence-corrected chi connectivity index (χ3v) is 3.28. The summed E-state index contributed by atoms with van der Waals surface area (Å²) < 4.78 is 0. The van der Waals surface area contributed by atoms with Gasteiger partial charge in [0.15, 0.2) is 0 Å². The van der Waals surface area contributed by atoms with Gasteiger partial charge >= 0.3 is 0 Å². The van der Waals surface area contributed by atoms with Crippen LogP contribution in [0.25, 0.3) is 0 Å². The van der Waals surface area contributed by atoms with Crippen LogP contribution in [0.5, 0.6) is 0 Å². The van der Waals surface area contributed by atoms with Crippen LogP contribution in [0, 0.1) is 6.92 Å². The van der Waals surface area contributed by atoms with Crippen molar-refractivity contribution in [3.63, 3.8) is 0 Å². The number of aromatic nitrogens is 2. The Balaban J connectivity index is 1.73. The van der Waals surface area contributed by atoms with Gasteiger partial charge in [0.1, 0.15) is 0 Å². The zero-order valence-corrected chi connectivity index (χ0v) is 11.1. The van der Waals surface area contributed by atoms with E-state index in [1.165, 1.54) is 11.1 Å². The zero-order valence-electron chi connectivity index (χ0n) is 11.1. The molecule has 96 valence electrons. The van der Waals surface area contributed by atoms with Crippen molar-refractivity contribution in [2.24, 2.45) is 0 Å². The quantitative estimate of drug-likeness (QED) is 0.819. The first kappa shape index (κ1) is 12.8. The largest absolute Gasteiger partial charge is 0.310 e. The number of hydrogen-bond acceptors (Lipinski definition) is 2. The summed E-state index contributed by atoms with van der Waals surface area (Å²) >= 11 is 0. The molecule has 1 aromatic heterocycles. The number of hydrogen-bond donors (Lipinski definition) is 2. The van der Waals surface area contributed by atoms with Crippen molar-refractivity contribution in [1.82, 2.24) is 15.5 Å². The average molecular weight is 243 g/mol. The van der Waals surface area contributed by atoms with E-state index in [4.69, 9.17) is 0 Å². The molecule has 2 N–H and O–H groups in total. The minimum Gasteiger partial charge on any atom is -0.310 e. The molecule has 18 heavy (non-hydrogen) atoms. The summed E-state index contributed by atoms with van der Waals surface area (Å²) in [6.07, 6.45) is 4.17. The second-order valence-electron chi connectivity index (χ2n) is 4.83. The lowest BCUT2D eigenvalue weighted by Crippen LogP contribution is -2.26. The molecule has 0 fully saturated rings. The Morgan fingerprint density at radius 3 is 2.72 bits per heavy atom. The molecule has 0 spiro atoms. The lowest BCUT2D eigenvalue weighted by molar-refractivity contribution is 0.513. The maximum absolute atomic E-state index is 4.03. The molecular formula is C15H21N3. The first-order valence-electron chi connectivity index (χ1n) is 6.52. The fourth-order valence-corrected chi connectivity index (χ4v) is 1.97. The topological polar surface area (TPSA) is 40.7 Å². The van der Waals surface area contributed by atoms with Crippen LogP contribution in [0.2, 0.25) is 0 Å². The lowest BCUT2D eigenvalue weighted by Gasteiger charge is -2.13. The molecule has 2 rings (SSSR count). The smallest absolute Gasteiger partial charge is 0.0535 e. The summed E-state index contributed by atoms with van der Waals surface area (Å²) in [4.78, 5) is 0. The van der Waals surface area contributed by atoms with Crippen molar-refractivity contribution >= 4 is 0 Å². The Morgan fingerprint density at radius 1 is 1.28 bits per heavy atom. The van der Waals surface area contributed by atoms with Gasteiger partial charge in [0, 0.05) is 23.8 Å². The summed E-state index contributed by atoms with van der Waals surface area (Å²) in [7, 11) is 0. The van der Waals surface area contributed by atoms with Crippen LogP contribution in [0.15, 0.2) is 36.5 Å². The van der Waals surface area contributed by atoms with Crippen LogP contribution in [-0.4, -0.2) is 16.2 Å². The number of rotatable bonds is 6. The molecule has 1 atom stereocenters. The van der Waals surface area contributed by atoms with E-state index >= 15 is 0 Å². The molecule has 2 aromatic rings. The molecule has 0 radical (unpaired) electrons. The third-order valence-electron chi connectivity index (χ3n) is 3.28. The molecule has 1 aromatic carbocycles. The number of H-pyrrole nitrogens is 1. The molecule has 0 bridgehead atoms. The Kier molecular flexibility index (Phi) is 4.53. The number of nitrogens with one attached hydrogen (secondary N) is 2. The van der Waals surface area contributed by atoms with E-state index in [0.717, 1.165) is 25.1 Å². The summed E-state index contributed by atoms with van der Waals surface area (Å²) in [6.45, 7) is 5.18. The molecular weight excluding hydrogens is 222 g/mol. The highest BCUT2D eigenvalue weighted by Gasteiger charge is 2.04. The third kappa shape index (κ3) is 3.70. The fraction of sp³-hybridized carbons (Fsp3) is 0.400. The fourth-order valence-electron chi connectivity index (χ4n) is 1.97. The van der Waals surface area contributed by atoms with Gasteiger partial charge in [0.2, 0.25) is 0 Å². The van der Waals surface area contributed by atoms with E-state index in [-0.39, 0.29) is 0 Å². The summed E-state index contributed by atoms with van der Waals surface area (Å²) in [6, 6.07) is 11.1. The SMILES string of the molecule is Cc1[nH]ncc1CNC(C)CCc1ccccc1.